The molecular formula is C28H38Cl2O8S. The maximum atomic E-state index is 12.4. The second-order valence-corrected chi connectivity index (χ2v) is 12.5. The molecule has 0 aliphatic heterocycles. The van der Waals surface area contributed by atoms with E-state index in [1.807, 2.05) is 25.1 Å². The van der Waals surface area contributed by atoms with Gasteiger partial charge in [-0.25, -0.2) is 4.79 Å². The first kappa shape index (κ1) is 32.2. The number of esters is 1. The molecule has 1 aromatic carbocycles. The van der Waals surface area contributed by atoms with E-state index >= 15 is 0 Å². The summed E-state index contributed by atoms with van der Waals surface area (Å²) in [4.78, 5) is 13.7. The predicted octanol–water partition coefficient (Wildman–Crippen LogP) is 2.86. The van der Waals surface area contributed by atoms with Crippen LogP contribution in [0.1, 0.15) is 51.4 Å². The summed E-state index contributed by atoms with van der Waals surface area (Å²) in [6.45, 7) is 0.637. The van der Waals surface area contributed by atoms with E-state index in [9.17, 15) is 30.3 Å². The number of ether oxygens (including phenoxy) is 1. The highest BCUT2D eigenvalue weighted by Gasteiger charge is 2.40. The molecule has 39 heavy (non-hydrogen) atoms. The lowest BCUT2D eigenvalue weighted by molar-refractivity contribution is -0.124. The van der Waals surface area contributed by atoms with Crippen LogP contribution in [0.4, 0.5) is 0 Å². The number of aliphatic hydroxyl groups is 6. The average Bonchev–Trinajstić information content (AvgIpc) is 3.47. The summed E-state index contributed by atoms with van der Waals surface area (Å²) in [5.74, 6) is -0.371. The molecule has 1 aliphatic carbocycles. The van der Waals surface area contributed by atoms with Crippen LogP contribution in [-0.4, -0.2) is 85.7 Å². The summed E-state index contributed by atoms with van der Waals surface area (Å²) in [5, 5.41) is 58.9. The quantitative estimate of drug-likeness (QED) is 0.142. The maximum absolute atomic E-state index is 12.4. The van der Waals surface area contributed by atoms with Gasteiger partial charge in [-0.1, -0.05) is 17.7 Å². The third-order valence-electron chi connectivity index (χ3n) is 7.38. The fourth-order valence-electron chi connectivity index (χ4n) is 5.25. The van der Waals surface area contributed by atoms with Gasteiger partial charge in [-0.15, -0.1) is 22.9 Å². The van der Waals surface area contributed by atoms with E-state index in [1.165, 1.54) is 11.3 Å². The minimum absolute atomic E-state index is 0.0845. The van der Waals surface area contributed by atoms with E-state index in [0.717, 1.165) is 48.1 Å². The van der Waals surface area contributed by atoms with E-state index in [2.05, 4.69) is 6.07 Å². The lowest BCUT2D eigenvalue weighted by Gasteiger charge is -2.25. The van der Waals surface area contributed by atoms with Crippen molar-refractivity contribution in [3.8, 4) is 0 Å². The molecule has 0 bridgehead atoms. The molecule has 0 amide bonds. The second kappa shape index (κ2) is 15.1. The Morgan fingerprint density at radius 3 is 2.46 bits per heavy atom. The summed E-state index contributed by atoms with van der Waals surface area (Å²) in [5.41, 5.74) is 2.27. The maximum Gasteiger partial charge on any atom is 0.348 e. The van der Waals surface area contributed by atoms with E-state index in [1.54, 1.807) is 6.07 Å². The van der Waals surface area contributed by atoms with Crippen molar-refractivity contribution in [3.63, 3.8) is 0 Å². The first-order valence-electron chi connectivity index (χ1n) is 13.2. The number of carbonyl (C=O) groups is 1. The molecule has 8 atom stereocenters. The zero-order valence-electron chi connectivity index (χ0n) is 21.8. The minimum Gasteiger partial charge on any atom is -0.459 e. The molecule has 8 nitrogen and oxygen atoms in total. The summed E-state index contributed by atoms with van der Waals surface area (Å²) in [7, 11) is 0. The van der Waals surface area contributed by atoms with Crippen LogP contribution in [0.3, 0.4) is 0 Å². The third kappa shape index (κ3) is 9.11. The highest BCUT2D eigenvalue weighted by molar-refractivity contribution is 7.13. The highest BCUT2D eigenvalue weighted by Crippen LogP contribution is 2.42. The fourth-order valence-corrected chi connectivity index (χ4v) is 7.00. The Labute approximate surface area is 242 Å². The van der Waals surface area contributed by atoms with Crippen LogP contribution >= 0.6 is 34.5 Å². The second-order valence-electron chi connectivity index (χ2n) is 10.4. The average molecular weight is 606 g/mol. The van der Waals surface area contributed by atoms with Crippen molar-refractivity contribution in [2.45, 2.75) is 81.3 Å². The Balaban J connectivity index is 1.46. The van der Waals surface area contributed by atoms with Gasteiger partial charge < -0.3 is 35.4 Å². The minimum atomic E-state index is -1.79. The van der Waals surface area contributed by atoms with Gasteiger partial charge in [0.15, 0.2) is 0 Å². The van der Waals surface area contributed by atoms with Gasteiger partial charge in [0.2, 0.25) is 0 Å². The van der Waals surface area contributed by atoms with Crippen molar-refractivity contribution >= 4 is 40.5 Å². The molecule has 0 spiro atoms. The number of aryl methyl sites for hydroxylation is 3. The molecular weight excluding hydrogens is 567 g/mol. The van der Waals surface area contributed by atoms with Gasteiger partial charge in [0.25, 0.3) is 0 Å². The Morgan fingerprint density at radius 1 is 1.05 bits per heavy atom. The SMILES string of the molecule is Cc1cc(Cl)cc(CC[C@@H]2[C@@H](CCCc3ccc(C(=O)OC[C@H](O)[C@H](O)[C@@H](O)[C@H](O)CO)s3)[C@H](Cl)C[C@H]2O)c1. The lowest BCUT2D eigenvalue weighted by Crippen LogP contribution is -2.47. The van der Waals surface area contributed by atoms with Crippen LogP contribution in [-0.2, 0) is 17.6 Å². The van der Waals surface area contributed by atoms with Crippen LogP contribution < -0.4 is 0 Å². The van der Waals surface area contributed by atoms with Crippen LogP contribution in [0.2, 0.25) is 5.02 Å². The predicted molar refractivity (Wildman–Crippen MR) is 150 cm³/mol. The third-order valence-corrected chi connectivity index (χ3v) is 9.22. The number of hydrogen-bond donors (Lipinski definition) is 6. The molecule has 0 radical (unpaired) electrons. The van der Waals surface area contributed by atoms with Gasteiger partial charge in [0.1, 0.15) is 35.9 Å². The van der Waals surface area contributed by atoms with Crippen LogP contribution in [0, 0.1) is 18.8 Å². The number of benzene rings is 1. The monoisotopic (exact) mass is 604 g/mol. The first-order valence-corrected chi connectivity index (χ1v) is 14.8. The van der Waals surface area contributed by atoms with Crippen LogP contribution in [0.5, 0.6) is 0 Å². The molecule has 6 N–H and O–H groups in total. The van der Waals surface area contributed by atoms with Crippen molar-refractivity contribution < 1.29 is 40.2 Å². The number of carbonyl (C=O) groups excluding carboxylic acids is 1. The summed E-state index contributed by atoms with van der Waals surface area (Å²) < 4.78 is 5.04. The molecule has 2 aromatic rings. The summed E-state index contributed by atoms with van der Waals surface area (Å²) in [6.07, 6.45) is -2.59. The molecule has 218 valence electrons. The van der Waals surface area contributed by atoms with Gasteiger partial charge in [0, 0.05) is 15.3 Å². The van der Waals surface area contributed by atoms with E-state index in [4.69, 9.17) is 33.0 Å². The Hall–Kier alpha value is -1.27. The summed E-state index contributed by atoms with van der Waals surface area (Å²) in [6, 6.07) is 9.49. The Kier molecular flexibility index (Phi) is 12.5. The number of hydrogen-bond acceptors (Lipinski definition) is 9. The van der Waals surface area contributed by atoms with Crippen molar-refractivity contribution in [2.24, 2.45) is 11.8 Å². The normalized spacial score (nSPS) is 24.3. The molecule has 11 heteroatoms. The molecule has 1 fully saturated rings. The highest BCUT2D eigenvalue weighted by atomic mass is 35.5. The molecule has 1 aliphatic rings. The van der Waals surface area contributed by atoms with E-state index < -0.39 is 49.7 Å². The van der Waals surface area contributed by atoms with E-state index in [-0.39, 0.29) is 17.2 Å². The van der Waals surface area contributed by atoms with Gasteiger partial charge in [-0.3, -0.25) is 0 Å². The number of thiophene rings is 1. The van der Waals surface area contributed by atoms with Crippen molar-refractivity contribution in [1.29, 1.82) is 0 Å². The van der Waals surface area contributed by atoms with Gasteiger partial charge in [0.05, 0.1) is 12.7 Å². The number of alkyl halides is 1. The van der Waals surface area contributed by atoms with Gasteiger partial charge in [-0.05, 0) is 92.7 Å². The molecule has 1 aromatic heterocycles. The first-order chi connectivity index (χ1) is 18.5. The molecule has 3 rings (SSSR count). The largest absolute Gasteiger partial charge is 0.459 e. The molecule has 1 saturated carbocycles. The van der Waals surface area contributed by atoms with Gasteiger partial charge in [-0.2, -0.15) is 0 Å². The number of rotatable bonds is 14. The Bertz CT molecular complexity index is 1050. The van der Waals surface area contributed by atoms with Gasteiger partial charge >= 0.3 is 5.97 Å². The van der Waals surface area contributed by atoms with Crippen molar-refractivity contribution in [1.82, 2.24) is 0 Å². The summed E-state index contributed by atoms with van der Waals surface area (Å²) >= 11 is 14.1. The van der Waals surface area contributed by atoms with Crippen molar-refractivity contribution in [3.05, 3.63) is 56.2 Å². The molecule has 0 saturated heterocycles. The fraction of sp³-hybridized carbons (Fsp3) is 0.607. The zero-order valence-corrected chi connectivity index (χ0v) is 24.2. The lowest BCUT2D eigenvalue weighted by atomic mass is 9.85. The van der Waals surface area contributed by atoms with Crippen LogP contribution in [0.15, 0.2) is 30.3 Å². The smallest absolute Gasteiger partial charge is 0.348 e. The molecule has 1 heterocycles. The Morgan fingerprint density at radius 2 is 1.77 bits per heavy atom. The topological polar surface area (TPSA) is 148 Å². The standard InChI is InChI=1S/C28H38Cl2O8S/c1-15-9-16(11-17(29)10-15)5-7-20-19(21(30)12-22(20)32)4-2-3-18-6-8-25(39-18)28(37)38-14-24(34)27(36)26(35)23(33)13-31/h6,8-11,19-24,26-27,31-36H,2-5,7,12-14H2,1H3/t19-,20-,21-,22-,23-,24+,26+,27+/m1/s1. The van der Waals surface area contributed by atoms with E-state index in [0.29, 0.717) is 16.3 Å². The number of aliphatic hydroxyl groups excluding tert-OH is 6. The zero-order chi connectivity index (χ0) is 28.7. The number of halogens is 2. The van der Waals surface area contributed by atoms with Crippen LogP contribution in [0.25, 0.3) is 0 Å². The van der Waals surface area contributed by atoms with Crippen molar-refractivity contribution in [2.75, 3.05) is 13.2 Å². The molecule has 0 unspecified atom stereocenters.